The fourth-order valence-electron chi connectivity index (χ4n) is 1.34. The van der Waals surface area contributed by atoms with Crippen LogP contribution in [0, 0.1) is 0 Å². The van der Waals surface area contributed by atoms with Crippen LogP contribution in [0.2, 0.25) is 5.02 Å². The second kappa shape index (κ2) is 3.84. The normalized spacial score (nSPS) is 10.4. The van der Waals surface area contributed by atoms with E-state index in [9.17, 15) is 0 Å². The zero-order chi connectivity index (χ0) is 9.97. The van der Waals surface area contributed by atoms with Crippen molar-refractivity contribution in [3.63, 3.8) is 0 Å². The first kappa shape index (κ1) is 9.28. The lowest BCUT2D eigenvalue weighted by Gasteiger charge is -1.97. The highest BCUT2D eigenvalue weighted by molar-refractivity contribution is 6.30. The minimum Gasteiger partial charge on any atom is -0.272 e. The third-order valence-corrected chi connectivity index (χ3v) is 2.32. The van der Waals surface area contributed by atoms with Crippen LogP contribution in [0.15, 0.2) is 36.5 Å². The summed E-state index contributed by atoms with van der Waals surface area (Å²) in [4.78, 5) is 0. The van der Waals surface area contributed by atoms with Crippen LogP contribution in [-0.4, -0.2) is 9.78 Å². The van der Waals surface area contributed by atoms with Gasteiger partial charge in [-0.15, -0.1) is 0 Å². The minimum absolute atomic E-state index is 0.744. The standard InChI is InChI=1S/C11H11ClN2/c1-2-14-7-6-11(13-14)9-4-3-5-10(12)8-9/h3-8H,2H2,1H3. The molecule has 0 aliphatic rings. The van der Waals surface area contributed by atoms with Gasteiger partial charge >= 0.3 is 0 Å². The van der Waals surface area contributed by atoms with E-state index in [1.807, 2.05) is 41.2 Å². The predicted octanol–water partition coefficient (Wildman–Crippen LogP) is 3.22. The molecule has 1 heterocycles. The van der Waals surface area contributed by atoms with Gasteiger partial charge < -0.3 is 0 Å². The third-order valence-electron chi connectivity index (χ3n) is 2.09. The molecular formula is C11H11ClN2. The molecule has 0 fully saturated rings. The number of hydrogen-bond acceptors (Lipinski definition) is 1. The number of halogens is 1. The molecule has 0 aliphatic carbocycles. The lowest BCUT2D eigenvalue weighted by atomic mass is 10.2. The Morgan fingerprint density at radius 3 is 2.86 bits per heavy atom. The Kier molecular flexibility index (Phi) is 2.55. The van der Waals surface area contributed by atoms with Crippen LogP contribution in [0.4, 0.5) is 0 Å². The average Bonchev–Trinajstić information content (AvgIpc) is 2.66. The fraction of sp³-hybridized carbons (Fsp3) is 0.182. The molecule has 0 amide bonds. The van der Waals surface area contributed by atoms with Gasteiger partial charge in [-0.05, 0) is 25.1 Å². The van der Waals surface area contributed by atoms with Crippen molar-refractivity contribution >= 4 is 11.6 Å². The van der Waals surface area contributed by atoms with Crippen LogP contribution < -0.4 is 0 Å². The van der Waals surface area contributed by atoms with Gasteiger partial charge in [0, 0.05) is 23.3 Å². The molecule has 0 radical (unpaired) electrons. The Labute approximate surface area is 88.1 Å². The van der Waals surface area contributed by atoms with Gasteiger partial charge in [0.2, 0.25) is 0 Å². The molecule has 0 aliphatic heterocycles. The van der Waals surface area contributed by atoms with Gasteiger partial charge in [0.15, 0.2) is 0 Å². The molecule has 0 unspecified atom stereocenters. The van der Waals surface area contributed by atoms with E-state index in [0.29, 0.717) is 0 Å². The van der Waals surface area contributed by atoms with E-state index in [4.69, 9.17) is 11.6 Å². The Balaban J connectivity index is 2.39. The van der Waals surface area contributed by atoms with E-state index in [-0.39, 0.29) is 0 Å². The van der Waals surface area contributed by atoms with Crippen LogP contribution in [0.3, 0.4) is 0 Å². The van der Waals surface area contributed by atoms with Crippen molar-refractivity contribution in [2.45, 2.75) is 13.5 Å². The minimum atomic E-state index is 0.744. The highest BCUT2D eigenvalue weighted by Crippen LogP contribution is 2.20. The molecule has 2 nitrogen and oxygen atoms in total. The lowest BCUT2D eigenvalue weighted by molar-refractivity contribution is 0.662. The highest BCUT2D eigenvalue weighted by Gasteiger charge is 2.01. The van der Waals surface area contributed by atoms with Crippen LogP contribution in [0.25, 0.3) is 11.3 Å². The molecule has 2 aromatic rings. The van der Waals surface area contributed by atoms with Crippen LogP contribution in [-0.2, 0) is 6.54 Å². The first-order chi connectivity index (χ1) is 6.79. The van der Waals surface area contributed by atoms with Gasteiger partial charge in [0.05, 0.1) is 5.69 Å². The maximum atomic E-state index is 5.90. The van der Waals surface area contributed by atoms with Crippen molar-refractivity contribution < 1.29 is 0 Å². The molecule has 14 heavy (non-hydrogen) atoms. The van der Waals surface area contributed by atoms with Gasteiger partial charge in [-0.2, -0.15) is 5.10 Å². The fourth-order valence-corrected chi connectivity index (χ4v) is 1.53. The molecule has 0 saturated carbocycles. The van der Waals surface area contributed by atoms with E-state index in [0.717, 1.165) is 22.8 Å². The molecule has 1 aromatic carbocycles. The van der Waals surface area contributed by atoms with Crippen molar-refractivity contribution in [3.05, 3.63) is 41.6 Å². The largest absolute Gasteiger partial charge is 0.272 e. The Morgan fingerprint density at radius 1 is 1.36 bits per heavy atom. The molecule has 0 atom stereocenters. The van der Waals surface area contributed by atoms with Crippen molar-refractivity contribution in [1.29, 1.82) is 0 Å². The molecule has 0 N–H and O–H groups in total. The van der Waals surface area contributed by atoms with Crippen molar-refractivity contribution in [2.75, 3.05) is 0 Å². The van der Waals surface area contributed by atoms with Crippen LogP contribution in [0.5, 0.6) is 0 Å². The molecule has 1 aromatic heterocycles. The SMILES string of the molecule is CCn1ccc(-c2cccc(Cl)c2)n1. The number of hydrogen-bond donors (Lipinski definition) is 0. The highest BCUT2D eigenvalue weighted by atomic mass is 35.5. The van der Waals surface area contributed by atoms with Gasteiger partial charge in [-0.3, -0.25) is 4.68 Å². The molecule has 0 bridgehead atoms. The summed E-state index contributed by atoms with van der Waals surface area (Å²) >= 11 is 5.90. The van der Waals surface area contributed by atoms with Crippen molar-refractivity contribution in [3.8, 4) is 11.3 Å². The Bertz CT molecular complexity index is 434. The number of rotatable bonds is 2. The zero-order valence-electron chi connectivity index (χ0n) is 7.94. The number of benzene rings is 1. The maximum Gasteiger partial charge on any atom is 0.0923 e. The smallest absolute Gasteiger partial charge is 0.0923 e. The summed E-state index contributed by atoms with van der Waals surface area (Å²) < 4.78 is 1.90. The first-order valence-electron chi connectivity index (χ1n) is 4.59. The van der Waals surface area contributed by atoms with E-state index in [1.54, 1.807) is 0 Å². The van der Waals surface area contributed by atoms with Crippen molar-refractivity contribution in [2.24, 2.45) is 0 Å². The van der Waals surface area contributed by atoms with Crippen LogP contribution in [0.1, 0.15) is 6.92 Å². The summed E-state index contributed by atoms with van der Waals surface area (Å²) in [6.45, 7) is 2.95. The van der Waals surface area contributed by atoms with Crippen LogP contribution >= 0.6 is 11.6 Å². The van der Waals surface area contributed by atoms with Gasteiger partial charge in [-0.1, -0.05) is 23.7 Å². The summed E-state index contributed by atoms with van der Waals surface area (Å²) in [7, 11) is 0. The van der Waals surface area contributed by atoms with Gasteiger partial charge in [0.1, 0.15) is 0 Å². The number of nitrogens with zero attached hydrogens (tertiary/aromatic N) is 2. The molecular weight excluding hydrogens is 196 g/mol. The number of aryl methyl sites for hydroxylation is 1. The number of aromatic nitrogens is 2. The maximum absolute atomic E-state index is 5.90. The summed E-state index contributed by atoms with van der Waals surface area (Å²) in [6, 6.07) is 9.72. The second-order valence-electron chi connectivity index (χ2n) is 3.07. The van der Waals surface area contributed by atoms with E-state index >= 15 is 0 Å². The Morgan fingerprint density at radius 2 is 2.21 bits per heavy atom. The van der Waals surface area contributed by atoms with Crippen molar-refractivity contribution in [1.82, 2.24) is 9.78 Å². The van der Waals surface area contributed by atoms with Gasteiger partial charge in [-0.25, -0.2) is 0 Å². The monoisotopic (exact) mass is 206 g/mol. The molecule has 72 valence electrons. The summed E-state index contributed by atoms with van der Waals surface area (Å²) in [6.07, 6.45) is 1.97. The summed E-state index contributed by atoms with van der Waals surface area (Å²) in [5.41, 5.74) is 2.03. The molecule has 0 saturated heterocycles. The lowest BCUT2D eigenvalue weighted by Crippen LogP contribution is -1.93. The zero-order valence-corrected chi connectivity index (χ0v) is 8.70. The summed E-state index contributed by atoms with van der Waals surface area (Å²) in [5, 5.41) is 5.14. The van der Waals surface area contributed by atoms with E-state index < -0.39 is 0 Å². The third kappa shape index (κ3) is 1.80. The molecule has 0 spiro atoms. The predicted molar refractivity (Wildman–Crippen MR) is 58.3 cm³/mol. The molecule has 3 heteroatoms. The summed E-state index contributed by atoms with van der Waals surface area (Å²) in [5.74, 6) is 0. The topological polar surface area (TPSA) is 17.8 Å². The van der Waals surface area contributed by atoms with E-state index in [2.05, 4.69) is 12.0 Å². The van der Waals surface area contributed by atoms with E-state index in [1.165, 1.54) is 0 Å². The van der Waals surface area contributed by atoms with Gasteiger partial charge in [0.25, 0.3) is 0 Å². The average molecular weight is 207 g/mol. The molecule has 2 rings (SSSR count). The Hall–Kier alpha value is -1.28. The quantitative estimate of drug-likeness (QED) is 0.738. The second-order valence-corrected chi connectivity index (χ2v) is 3.50. The first-order valence-corrected chi connectivity index (χ1v) is 4.97.